The molecule has 0 radical (unpaired) electrons. The number of benzene rings is 2. The van der Waals surface area contributed by atoms with Crippen LogP contribution < -0.4 is 4.74 Å². The summed E-state index contributed by atoms with van der Waals surface area (Å²) in [5, 5.41) is 0.996. The summed E-state index contributed by atoms with van der Waals surface area (Å²) >= 11 is 0. The number of ether oxygens (including phenoxy) is 1. The molecule has 24 heavy (non-hydrogen) atoms. The van der Waals surface area contributed by atoms with E-state index < -0.39 is 11.6 Å². The molecular formula is C20H15F2NO. The van der Waals surface area contributed by atoms with Crippen molar-refractivity contribution in [1.82, 2.24) is 4.98 Å². The van der Waals surface area contributed by atoms with E-state index in [1.807, 2.05) is 36.4 Å². The van der Waals surface area contributed by atoms with Crippen LogP contribution >= 0.6 is 0 Å². The largest absolute Gasteiger partial charge is 0.497 e. The zero-order chi connectivity index (χ0) is 16.9. The average Bonchev–Trinajstić information content (AvgIpc) is 2.59. The Balaban J connectivity index is 1.76. The van der Waals surface area contributed by atoms with E-state index in [4.69, 9.17) is 4.74 Å². The van der Waals surface area contributed by atoms with Crippen molar-refractivity contribution in [2.45, 2.75) is 0 Å². The first-order valence-corrected chi connectivity index (χ1v) is 7.40. The van der Waals surface area contributed by atoms with Crippen LogP contribution in [-0.4, -0.2) is 12.1 Å². The Morgan fingerprint density at radius 1 is 0.917 bits per heavy atom. The zero-order valence-electron chi connectivity index (χ0n) is 13.0. The van der Waals surface area contributed by atoms with E-state index in [1.165, 1.54) is 12.1 Å². The maximum atomic E-state index is 13.5. The first-order valence-electron chi connectivity index (χ1n) is 7.40. The van der Waals surface area contributed by atoms with E-state index in [2.05, 4.69) is 4.98 Å². The molecule has 2 aromatic carbocycles. The van der Waals surface area contributed by atoms with Crippen LogP contribution in [0.3, 0.4) is 0 Å². The lowest BCUT2D eigenvalue weighted by Crippen LogP contribution is -1.86. The van der Waals surface area contributed by atoms with Gasteiger partial charge in [-0.2, -0.15) is 0 Å². The van der Waals surface area contributed by atoms with E-state index in [0.717, 1.165) is 28.4 Å². The molecule has 1 aromatic heterocycles. The number of aromatic nitrogens is 1. The fraction of sp³-hybridized carbons (Fsp3) is 0.0500. The van der Waals surface area contributed by atoms with E-state index in [-0.39, 0.29) is 0 Å². The summed E-state index contributed by atoms with van der Waals surface area (Å²) in [6, 6.07) is 13.0. The maximum absolute atomic E-state index is 13.5. The van der Waals surface area contributed by atoms with Gasteiger partial charge in [-0.3, -0.25) is 0 Å². The summed E-state index contributed by atoms with van der Waals surface area (Å²) in [5.41, 5.74) is 1.99. The van der Waals surface area contributed by atoms with Gasteiger partial charge in [-0.15, -0.1) is 0 Å². The first kappa shape index (κ1) is 15.9. The smallest absolute Gasteiger partial charge is 0.133 e. The van der Waals surface area contributed by atoms with Gasteiger partial charge in [0.05, 0.1) is 18.3 Å². The predicted octanol–water partition coefficient (Wildman–Crippen LogP) is 5.25. The number of hydrogen-bond acceptors (Lipinski definition) is 2. The summed E-state index contributed by atoms with van der Waals surface area (Å²) in [5.74, 6) is -0.383. The quantitative estimate of drug-likeness (QED) is 0.612. The molecule has 0 spiro atoms. The SMILES string of the molecule is COc1ccc2nc(/C=C/C=C/c3ccc(F)cc3F)ccc2c1. The summed E-state index contributed by atoms with van der Waals surface area (Å²) in [7, 11) is 1.63. The third-order valence-corrected chi connectivity index (χ3v) is 3.53. The Labute approximate surface area is 138 Å². The molecule has 1 heterocycles. The number of fused-ring (bicyclic) bond motifs is 1. The standard InChI is InChI=1S/C20H15F2NO/c1-24-18-10-11-20-15(12-18)7-9-17(23-20)5-3-2-4-14-6-8-16(21)13-19(14)22/h2-13H,1H3/b4-2+,5-3+. The van der Waals surface area contributed by atoms with Crippen molar-refractivity contribution in [3.63, 3.8) is 0 Å². The number of nitrogens with zero attached hydrogens (tertiary/aromatic N) is 1. The molecule has 3 aromatic rings. The Bertz CT molecular complexity index is 932. The van der Waals surface area contributed by atoms with Crippen molar-refractivity contribution >= 4 is 23.1 Å². The number of pyridine rings is 1. The van der Waals surface area contributed by atoms with Crippen molar-refractivity contribution in [3.8, 4) is 5.75 Å². The maximum Gasteiger partial charge on any atom is 0.133 e. The Morgan fingerprint density at radius 2 is 1.75 bits per heavy atom. The molecule has 0 atom stereocenters. The highest BCUT2D eigenvalue weighted by Gasteiger charge is 2.00. The lowest BCUT2D eigenvalue weighted by molar-refractivity contribution is 0.415. The van der Waals surface area contributed by atoms with Gasteiger partial charge in [0.25, 0.3) is 0 Å². The average molecular weight is 323 g/mol. The lowest BCUT2D eigenvalue weighted by Gasteiger charge is -2.02. The van der Waals surface area contributed by atoms with Crippen LogP contribution in [0, 0.1) is 11.6 Å². The highest BCUT2D eigenvalue weighted by atomic mass is 19.1. The van der Waals surface area contributed by atoms with Gasteiger partial charge in [-0.25, -0.2) is 13.8 Å². The minimum Gasteiger partial charge on any atom is -0.497 e. The van der Waals surface area contributed by atoms with Gasteiger partial charge in [0.2, 0.25) is 0 Å². The molecule has 0 saturated carbocycles. The molecule has 0 aliphatic rings. The minimum atomic E-state index is -0.586. The zero-order valence-corrected chi connectivity index (χ0v) is 13.0. The number of rotatable bonds is 4. The molecule has 0 saturated heterocycles. The lowest BCUT2D eigenvalue weighted by atomic mass is 10.1. The number of hydrogen-bond donors (Lipinski definition) is 0. The van der Waals surface area contributed by atoms with Gasteiger partial charge in [-0.05, 0) is 42.5 Å². The molecule has 0 unspecified atom stereocenters. The molecular weight excluding hydrogens is 308 g/mol. The Hall–Kier alpha value is -3.01. The predicted molar refractivity (Wildman–Crippen MR) is 92.7 cm³/mol. The van der Waals surface area contributed by atoms with Crippen LogP contribution in [0.15, 0.2) is 60.7 Å². The summed E-state index contributed by atoms with van der Waals surface area (Å²) in [4.78, 5) is 4.52. The summed E-state index contributed by atoms with van der Waals surface area (Å²) < 4.78 is 31.5. The molecule has 0 bridgehead atoms. The highest BCUT2D eigenvalue weighted by molar-refractivity contribution is 5.81. The minimum absolute atomic E-state index is 0.333. The van der Waals surface area contributed by atoms with Gasteiger partial charge in [0.15, 0.2) is 0 Å². The van der Waals surface area contributed by atoms with Crippen LogP contribution in [-0.2, 0) is 0 Å². The van der Waals surface area contributed by atoms with Gasteiger partial charge in [-0.1, -0.05) is 24.3 Å². The van der Waals surface area contributed by atoms with Crippen molar-refractivity contribution in [2.75, 3.05) is 7.11 Å². The Kier molecular flexibility index (Phi) is 4.66. The van der Waals surface area contributed by atoms with Crippen molar-refractivity contribution in [1.29, 1.82) is 0 Å². The molecule has 0 amide bonds. The third kappa shape index (κ3) is 3.66. The second-order valence-corrected chi connectivity index (χ2v) is 5.18. The summed E-state index contributed by atoms with van der Waals surface area (Å²) in [6.07, 6.45) is 6.86. The Morgan fingerprint density at radius 3 is 2.54 bits per heavy atom. The topological polar surface area (TPSA) is 22.1 Å². The van der Waals surface area contributed by atoms with Crippen LogP contribution in [0.1, 0.15) is 11.3 Å². The monoisotopic (exact) mass is 323 g/mol. The van der Waals surface area contributed by atoms with Crippen LogP contribution in [0.5, 0.6) is 5.75 Å². The second kappa shape index (κ2) is 7.04. The highest BCUT2D eigenvalue weighted by Crippen LogP contribution is 2.20. The van der Waals surface area contributed by atoms with Crippen LogP contribution in [0.25, 0.3) is 23.1 Å². The van der Waals surface area contributed by atoms with E-state index in [0.29, 0.717) is 5.56 Å². The summed E-state index contributed by atoms with van der Waals surface area (Å²) in [6.45, 7) is 0. The molecule has 0 fully saturated rings. The van der Waals surface area contributed by atoms with E-state index >= 15 is 0 Å². The van der Waals surface area contributed by atoms with Crippen molar-refractivity contribution < 1.29 is 13.5 Å². The molecule has 0 N–H and O–H groups in total. The molecule has 120 valence electrons. The second-order valence-electron chi connectivity index (χ2n) is 5.18. The number of allylic oxidation sites excluding steroid dienone is 2. The molecule has 2 nitrogen and oxygen atoms in total. The molecule has 4 heteroatoms. The fourth-order valence-electron chi connectivity index (χ4n) is 2.29. The van der Waals surface area contributed by atoms with Gasteiger partial charge >= 0.3 is 0 Å². The van der Waals surface area contributed by atoms with E-state index in [1.54, 1.807) is 25.3 Å². The van der Waals surface area contributed by atoms with Crippen LogP contribution in [0.4, 0.5) is 8.78 Å². The van der Waals surface area contributed by atoms with Crippen LogP contribution in [0.2, 0.25) is 0 Å². The number of methoxy groups -OCH3 is 1. The van der Waals surface area contributed by atoms with Gasteiger partial charge in [0.1, 0.15) is 17.4 Å². The molecule has 0 aliphatic heterocycles. The van der Waals surface area contributed by atoms with Crippen molar-refractivity contribution in [3.05, 3.63) is 83.6 Å². The van der Waals surface area contributed by atoms with Gasteiger partial charge in [0, 0.05) is 17.0 Å². The van der Waals surface area contributed by atoms with E-state index in [9.17, 15) is 8.78 Å². The third-order valence-electron chi connectivity index (χ3n) is 3.53. The number of halogens is 2. The van der Waals surface area contributed by atoms with Gasteiger partial charge < -0.3 is 4.74 Å². The molecule has 0 aliphatic carbocycles. The normalized spacial score (nSPS) is 11.6. The fourth-order valence-corrected chi connectivity index (χ4v) is 2.29. The molecule has 3 rings (SSSR count). The van der Waals surface area contributed by atoms with Crippen molar-refractivity contribution in [2.24, 2.45) is 0 Å². The first-order chi connectivity index (χ1) is 11.7.